The molecule has 8 heteroatoms. The molecular weight excluding hydrogens is 294 g/mol. The maximum atomic E-state index is 12.7. The molecule has 1 fully saturated rings. The summed E-state index contributed by atoms with van der Waals surface area (Å²) in [5, 5.41) is 11.6. The summed E-state index contributed by atoms with van der Waals surface area (Å²) in [6.45, 7) is 5.64. The van der Waals surface area contributed by atoms with E-state index in [2.05, 4.69) is 5.32 Å². The molecule has 0 bridgehead atoms. The van der Waals surface area contributed by atoms with Crippen LogP contribution in [0.2, 0.25) is 0 Å². The van der Waals surface area contributed by atoms with Gasteiger partial charge in [-0.1, -0.05) is 27.2 Å². The molecule has 0 spiro atoms. The van der Waals surface area contributed by atoms with Crippen molar-refractivity contribution in [3.8, 4) is 0 Å². The molecule has 4 unspecified atom stereocenters. The van der Waals surface area contributed by atoms with E-state index in [1.807, 2.05) is 20.8 Å². The van der Waals surface area contributed by atoms with Crippen molar-refractivity contribution in [2.45, 2.75) is 51.1 Å². The number of nitrogens with zero attached hydrogens (tertiary/aromatic N) is 1. The fraction of sp³-hybridized carbons (Fsp3) is 0.769. The van der Waals surface area contributed by atoms with Crippen LogP contribution in [0.1, 0.15) is 33.6 Å². The first-order valence-electron chi connectivity index (χ1n) is 7.05. The molecule has 4 atom stereocenters. The van der Waals surface area contributed by atoms with Crippen molar-refractivity contribution >= 4 is 29.7 Å². The van der Waals surface area contributed by atoms with Crippen LogP contribution in [-0.2, 0) is 9.59 Å². The molecule has 0 aliphatic carbocycles. The molecule has 1 aliphatic heterocycles. The van der Waals surface area contributed by atoms with Crippen LogP contribution in [0, 0.1) is 5.92 Å². The van der Waals surface area contributed by atoms with Crippen molar-refractivity contribution in [3.63, 3.8) is 0 Å². The van der Waals surface area contributed by atoms with E-state index in [9.17, 15) is 19.5 Å². The minimum absolute atomic E-state index is 0.123. The Morgan fingerprint density at radius 2 is 2.05 bits per heavy atom. The molecule has 21 heavy (non-hydrogen) atoms. The molecule has 1 saturated heterocycles. The minimum Gasteiger partial charge on any atom is -0.480 e. The number of hydrogen-bond acceptors (Lipinski definition) is 4. The number of carbonyl (C=O) groups excluding carboxylic acids is 2. The topological polar surface area (TPSA) is 113 Å². The van der Waals surface area contributed by atoms with Crippen molar-refractivity contribution in [1.29, 1.82) is 0 Å². The number of urea groups is 1. The molecule has 1 aliphatic rings. The van der Waals surface area contributed by atoms with E-state index >= 15 is 0 Å². The van der Waals surface area contributed by atoms with Crippen LogP contribution in [0.5, 0.6) is 0 Å². The van der Waals surface area contributed by atoms with E-state index in [1.165, 1.54) is 16.7 Å². The Kier molecular flexibility index (Phi) is 6.32. The number of carboxylic acids is 1. The first kappa shape index (κ1) is 17.6. The molecule has 0 aromatic heterocycles. The summed E-state index contributed by atoms with van der Waals surface area (Å²) in [5.74, 6) is -1.15. The van der Waals surface area contributed by atoms with Crippen molar-refractivity contribution in [3.05, 3.63) is 0 Å². The molecule has 1 heterocycles. The number of rotatable bonds is 6. The van der Waals surface area contributed by atoms with Gasteiger partial charge in [0, 0.05) is 5.75 Å². The third-order valence-corrected chi connectivity index (χ3v) is 5.21. The van der Waals surface area contributed by atoms with E-state index in [0.29, 0.717) is 18.6 Å². The summed E-state index contributed by atoms with van der Waals surface area (Å²) < 4.78 is 0. The van der Waals surface area contributed by atoms with Crippen LogP contribution < -0.4 is 11.1 Å². The normalized spacial score (nSPS) is 24.4. The number of nitrogens with two attached hydrogens (primary N) is 1. The predicted molar refractivity (Wildman–Crippen MR) is 80.8 cm³/mol. The fourth-order valence-electron chi connectivity index (χ4n) is 2.36. The van der Waals surface area contributed by atoms with Gasteiger partial charge in [0.05, 0.1) is 5.37 Å². The summed E-state index contributed by atoms with van der Waals surface area (Å²) in [7, 11) is 0. The molecule has 1 rings (SSSR count). The molecule has 0 aromatic carbocycles. The Bertz CT molecular complexity index is 418. The number of amides is 3. The predicted octanol–water partition coefficient (Wildman–Crippen LogP) is 0.834. The van der Waals surface area contributed by atoms with Crippen LogP contribution in [0.25, 0.3) is 0 Å². The standard InChI is InChI=1S/C13H23N3O4S/c1-4-7(3)10(15-13(14)20)11(17)16-8(12(18)19)6-21-9(16)5-2/h7-10H,4-6H2,1-3H3,(H,18,19)(H3,14,15,20). The van der Waals surface area contributed by atoms with E-state index in [4.69, 9.17) is 5.73 Å². The van der Waals surface area contributed by atoms with E-state index in [0.717, 1.165) is 0 Å². The van der Waals surface area contributed by atoms with Crippen LogP contribution >= 0.6 is 11.8 Å². The number of aliphatic carboxylic acids is 1. The van der Waals surface area contributed by atoms with Crippen molar-refractivity contribution in [2.75, 3.05) is 5.75 Å². The summed E-state index contributed by atoms with van der Waals surface area (Å²) in [5.41, 5.74) is 5.14. The highest BCUT2D eigenvalue weighted by atomic mass is 32.2. The second-order valence-corrected chi connectivity index (χ2v) is 6.38. The Balaban J connectivity index is 3.03. The van der Waals surface area contributed by atoms with Gasteiger partial charge in [0.15, 0.2) is 0 Å². The van der Waals surface area contributed by atoms with Gasteiger partial charge >= 0.3 is 12.0 Å². The number of carbonyl (C=O) groups is 3. The number of hydrogen-bond donors (Lipinski definition) is 3. The smallest absolute Gasteiger partial charge is 0.327 e. The van der Waals surface area contributed by atoms with Gasteiger partial charge in [-0.05, 0) is 12.3 Å². The molecule has 120 valence electrons. The van der Waals surface area contributed by atoms with E-state index < -0.39 is 24.1 Å². The average Bonchev–Trinajstić information content (AvgIpc) is 2.86. The van der Waals surface area contributed by atoms with Gasteiger partial charge in [0.25, 0.3) is 0 Å². The van der Waals surface area contributed by atoms with Gasteiger partial charge in [-0.2, -0.15) is 0 Å². The largest absolute Gasteiger partial charge is 0.480 e. The summed E-state index contributed by atoms with van der Waals surface area (Å²) in [6.07, 6.45) is 1.33. The first-order valence-corrected chi connectivity index (χ1v) is 8.10. The lowest BCUT2D eigenvalue weighted by molar-refractivity contribution is -0.150. The summed E-state index contributed by atoms with van der Waals surface area (Å²) in [4.78, 5) is 36.6. The zero-order chi connectivity index (χ0) is 16.2. The summed E-state index contributed by atoms with van der Waals surface area (Å²) >= 11 is 1.45. The Labute approximate surface area is 128 Å². The van der Waals surface area contributed by atoms with Crippen LogP contribution in [0.15, 0.2) is 0 Å². The average molecular weight is 317 g/mol. The summed E-state index contributed by atoms with van der Waals surface area (Å²) in [6, 6.07) is -2.42. The first-order chi connectivity index (χ1) is 9.83. The maximum absolute atomic E-state index is 12.7. The highest BCUT2D eigenvalue weighted by Crippen LogP contribution is 2.32. The number of thioether (sulfide) groups is 1. The van der Waals surface area contributed by atoms with E-state index in [1.54, 1.807) is 0 Å². The van der Waals surface area contributed by atoms with Crippen molar-refractivity contribution in [2.24, 2.45) is 11.7 Å². The SMILES string of the molecule is CCC(C)C(NC(N)=O)C(=O)N1C(CC)SCC1C(=O)O. The van der Waals surface area contributed by atoms with Gasteiger partial charge in [0.1, 0.15) is 12.1 Å². The lowest BCUT2D eigenvalue weighted by Crippen LogP contribution is -2.57. The van der Waals surface area contributed by atoms with Gasteiger partial charge in [-0.3, -0.25) is 4.79 Å². The van der Waals surface area contributed by atoms with Gasteiger partial charge in [0.2, 0.25) is 5.91 Å². The fourth-order valence-corrected chi connectivity index (χ4v) is 3.72. The lowest BCUT2D eigenvalue weighted by Gasteiger charge is -2.32. The molecule has 0 aromatic rings. The highest BCUT2D eigenvalue weighted by molar-refractivity contribution is 8.00. The molecule has 3 amide bonds. The third-order valence-electron chi connectivity index (χ3n) is 3.76. The third kappa shape index (κ3) is 4.03. The zero-order valence-electron chi connectivity index (χ0n) is 12.5. The quantitative estimate of drug-likeness (QED) is 0.672. The Morgan fingerprint density at radius 1 is 1.43 bits per heavy atom. The minimum atomic E-state index is -1.02. The number of carboxylic acid groups (broad SMARTS) is 1. The molecule has 0 saturated carbocycles. The van der Waals surface area contributed by atoms with Crippen LogP contribution in [-0.4, -0.2) is 51.1 Å². The van der Waals surface area contributed by atoms with Gasteiger partial charge < -0.3 is 21.1 Å². The van der Waals surface area contributed by atoms with E-state index in [-0.39, 0.29) is 17.2 Å². The highest BCUT2D eigenvalue weighted by Gasteiger charge is 2.44. The van der Waals surface area contributed by atoms with Crippen molar-refractivity contribution in [1.82, 2.24) is 10.2 Å². The van der Waals surface area contributed by atoms with Crippen LogP contribution in [0.3, 0.4) is 0 Å². The molecule has 0 radical (unpaired) electrons. The second-order valence-electron chi connectivity index (χ2n) is 5.17. The second kappa shape index (κ2) is 7.53. The lowest BCUT2D eigenvalue weighted by atomic mass is 9.97. The maximum Gasteiger partial charge on any atom is 0.327 e. The van der Waals surface area contributed by atoms with Gasteiger partial charge in [-0.15, -0.1) is 11.8 Å². The molecular formula is C13H23N3O4S. The Morgan fingerprint density at radius 3 is 2.48 bits per heavy atom. The number of nitrogens with one attached hydrogen (secondary N) is 1. The molecule has 7 nitrogen and oxygen atoms in total. The van der Waals surface area contributed by atoms with Crippen LogP contribution in [0.4, 0.5) is 4.79 Å². The van der Waals surface area contributed by atoms with Crippen molar-refractivity contribution < 1.29 is 19.5 Å². The van der Waals surface area contributed by atoms with Gasteiger partial charge in [-0.25, -0.2) is 9.59 Å². The zero-order valence-corrected chi connectivity index (χ0v) is 13.4. The monoisotopic (exact) mass is 317 g/mol. The Hall–Kier alpha value is -1.44. The number of primary amides is 1. The molecule has 4 N–H and O–H groups in total.